The average Bonchev–Trinajstić information content (AvgIpc) is 2.96. The number of aliphatic hydroxyl groups is 1. The summed E-state index contributed by atoms with van der Waals surface area (Å²) in [5, 5.41) is 8.95. The van der Waals surface area contributed by atoms with Crippen LogP contribution in [0, 0.1) is 5.92 Å². The largest absolute Gasteiger partial charge is 0.423 e. The molecule has 0 aromatic rings. The Morgan fingerprint density at radius 2 is 1.56 bits per heavy atom. The molecule has 0 heterocycles. The average molecular weight is 281 g/mol. The molecule has 18 heavy (non-hydrogen) atoms. The Bertz CT molecular complexity index is 274. The third kappa shape index (κ3) is 3.72. The van der Waals surface area contributed by atoms with Gasteiger partial charge in [-0.3, -0.25) is 0 Å². The van der Waals surface area contributed by atoms with Crippen LogP contribution in [0.25, 0.3) is 0 Å². The van der Waals surface area contributed by atoms with Gasteiger partial charge in [0.2, 0.25) is 6.10 Å². The number of aliphatic hydroxyl groups excluding tert-OH is 1. The van der Waals surface area contributed by atoms with Crippen LogP contribution in [-0.2, 0) is 4.74 Å². The summed E-state index contributed by atoms with van der Waals surface area (Å²) < 4.78 is 76.9. The van der Waals surface area contributed by atoms with E-state index in [1.807, 2.05) is 0 Å². The van der Waals surface area contributed by atoms with Gasteiger partial charge in [-0.1, -0.05) is 0 Å². The second kappa shape index (κ2) is 4.86. The minimum atomic E-state index is -5.56. The Kier molecular flexibility index (Phi) is 4.19. The summed E-state index contributed by atoms with van der Waals surface area (Å²) in [5.41, 5.74) is 3.98. The van der Waals surface area contributed by atoms with E-state index in [-0.39, 0.29) is 5.92 Å². The van der Waals surface area contributed by atoms with Gasteiger partial charge in [0.05, 0.1) is 18.8 Å². The molecule has 3 nitrogen and oxygen atoms in total. The van der Waals surface area contributed by atoms with Crippen molar-refractivity contribution in [2.45, 2.75) is 36.8 Å². The van der Waals surface area contributed by atoms with Gasteiger partial charge < -0.3 is 15.6 Å². The van der Waals surface area contributed by atoms with E-state index in [0.717, 1.165) is 0 Å². The maximum absolute atomic E-state index is 12.2. The van der Waals surface area contributed by atoms with Crippen LogP contribution >= 0.6 is 0 Å². The number of hydrogen-bond acceptors (Lipinski definition) is 3. The normalized spacial score (nSPS) is 21.2. The molecule has 1 saturated carbocycles. The van der Waals surface area contributed by atoms with E-state index in [2.05, 4.69) is 4.74 Å². The van der Waals surface area contributed by atoms with Gasteiger partial charge >= 0.3 is 12.4 Å². The fourth-order valence-corrected chi connectivity index (χ4v) is 1.56. The van der Waals surface area contributed by atoms with Crippen molar-refractivity contribution in [3.8, 4) is 0 Å². The number of alkyl halides is 6. The molecule has 1 atom stereocenters. The maximum Gasteiger partial charge on any atom is 0.423 e. The Hall–Kier alpha value is -0.540. The van der Waals surface area contributed by atoms with E-state index >= 15 is 0 Å². The highest BCUT2D eigenvalue weighted by Gasteiger charge is 2.59. The fraction of sp³-hybridized carbons (Fsp3) is 1.00. The minimum absolute atomic E-state index is 0.301. The molecule has 0 saturated heterocycles. The molecule has 0 aliphatic heterocycles. The van der Waals surface area contributed by atoms with Crippen LogP contribution in [0.4, 0.5) is 26.3 Å². The molecule has 0 bridgehead atoms. The summed E-state index contributed by atoms with van der Waals surface area (Å²) in [5.74, 6) is -0.301. The van der Waals surface area contributed by atoms with Crippen molar-refractivity contribution < 1.29 is 36.2 Å². The maximum atomic E-state index is 12.2. The van der Waals surface area contributed by atoms with Gasteiger partial charge in [0.15, 0.2) is 0 Å². The molecule has 1 rings (SSSR count). The Morgan fingerprint density at radius 3 is 1.83 bits per heavy atom. The van der Waals surface area contributed by atoms with E-state index in [0.29, 0.717) is 12.8 Å². The lowest BCUT2D eigenvalue weighted by Gasteiger charge is -2.31. The van der Waals surface area contributed by atoms with Crippen molar-refractivity contribution >= 4 is 0 Å². The Balaban J connectivity index is 2.68. The van der Waals surface area contributed by atoms with Crippen molar-refractivity contribution in [2.75, 3.05) is 13.2 Å². The quantitative estimate of drug-likeness (QED) is 0.753. The van der Waals surface area contributed by atoms with Crippen LogP contribution in [0.15, 0.2) is 0 Å². The number of rotatable bonds is 5. The van der Waals surface area contributed by atoms with Crippen molar-refractivity contribution in [3.63, 3.8) is 0 Å². The molecule has 1 aliphatic rings. The standard InChI is InChI=1S/C9H13F6NO2/c10-8(11,12)6(9(13,14)15)18-4-7(16,3-17)5-1-2-5/h5-6,17H,1-4,16H2. The molecule has 0 aromatic carbocycles. The number of halogens is 6. The lowest BCUT2D eigenvalue weighted by atomic mass is 9.97. The van der Waals surface area contributed by atoms with Gasteiger partial charge in [0, 0.05) is 0 Å². The zero-order valence-electron chi connectivity index (χ0n) is 9.18. The predicted molar refractivity (Wildman–Crippen MR) is 48.6 cm³/mol. The van der Waals surface area contributed by atoms with Crippen LogP contribution in [0.5, 0.6) is 0 Å². The van der Waals surface area contributed by atoms with E-state index in [9.17, 15) is 26.3 Å². The molecule has 1 fully saturated rings. The van der Waals surface area contributed by atoms with Gasteiger partial charge in [-0.2, -0.15) is 26.3 Å². The Labute approximate surface area is 98.9 Å². The number of hydrogen-bond donors (Lipinski definition) is 2. The summed E-state index contributed by atoms with van der Waals surface area (Å²) >= 11 is 0. The third-order valence-corrected chi connectivity index (χ3v) is 2.80. The molecule has 1 aliphatic carbocycles. The molecule has 108 valence electrons. The summed E-state index contributed by atoms with van der Waals surface area (Å²) in [6, 6.07) is 0. The van der Waals surface area contributed by atoms with Crippen LogP contribution < -0.4 is 5.73 Å². The summed E-state index contributed by atoms with van der Waals surface area (Å²) in [6.07, 6.45) is -13.9. The van der Waals surface area contributed by atoms with E-state index in [1.165, 1.54) is 0 Å². The lowest BCUT2D eigenvalue weighted by molar-refractivity contribution is -0.324. The SMILES string of the molecule is NC(CO)(COC(C(F)(F)F)C(F)(F)F)C1CC1. The number of nitrogens with two attached hydrogens (primary N) is 1. The monoisotopic (exact) mass is 281 g/mol. The molecule has 0 amide bonds. The van der Waals surface area contributed by atoms with Gasteiger partial charge in [-0.05, 0) is 18.8 Å². The molecular weight excluding hydrogens is 268 g/mol. The van der Waals surface area contributed by atoms with Crippen LogP contribution in [0.3, 0.4) is 0 Å². The zero-order chi connectivity index (χ0) is 14.2. The van der Waals surface area contributed by atoms with Gasteiger partial charge in [-0.15, -0.1) is 0 Å². The minimum Gasteiger partial charge on any atom is -0.394 e. The highest BCUT2D eigenvalue weighted by molar-refractivity contribution is 4.98. The first-order valence-corrected chi connectivity index (χ1v) is 5.15. The van der Waals surface area contributed by atoms with Crippen molar-refractivity contribution in [1.29, 1.82) is 0 Å². The highest BCUT2D eigenvalue weighted by atomic mass is 19.4. The lowest BCUT2D eigenvalue weighted by Crippen LogP contribution is -2.54. The van der Waals surface area contributed by atoms with Gasteiger partial charge in [-0.25, -0.2) is 0 Å². The topological polar surface area (TPSA) is 55.5 Å². The van der Waals surface area contributed by atoms with Gasteiger partial charge in [0.25, 0.3) is 0 Å². The summed E-state index contributed by atoms with van der Waals surface area (Å²) in [7, 11) is 0. The van der Waals surface area contributed by atoms with Crippen molar-refractivity contribution in [2.24, 2.45) is 11.7 Å². The summed E-state index contributed by atoms with van der Waals surface area (Å²) in [4.78, 5) is 0. The van der Waals surface area contributed by atoms with E-state index < -0.39 is 37.2 Å². The molecule has 0 radical (unpaired) electrons. The Morgan fingerprint density at radius 1 is 1.11 bits per heavy atom. The smallest absolute Gasteiger partial charge is 0.394 e. The van der Waals surface area contributed by atoms with Crippen molar-refractivity contribution in [1.82, 2.24) is 0 Å². The molecule has 9 heteroatoms. The van der Waals surface area contributed by atoms with Gasteiger partial charge in [0.1, 0.15) is 0 Å². The molecule has 3 N–H and O–H groups in total. The molecular formula is C9H13F6NO2. The molecule has 1 unspecified atom stereocenters. The first kappa shape index (κ1) is 15.5. The fourth-order valence-electron chi connectivity index (χ4n) is 1.56. The van der Waals surface area contributed by atoms with Crippen LogP contribution in [0.1, 0.15) is 12.8 Å². The van der Waals surface area contributed by atoms with Crippen LogP contribution in [-0.4, -0.2) is 42.3 Å². The first-order valence-electron chi connectivity index (χ1n) is 5.15. The second-order valence-corrected chi connectivity index (χ2v) is 4.44. The van der Waals surface area contributed by atoms with E-state index in [4.69, 9.17) is 10.8 Å². The second-order valence-electron chi connectivity index (χ2n) is 4.44. The third-order valence-electron chi connectivity index (χ3n) is 2.80. The van der Waals surface area contributed by atoms with Crippen LogP contribution in [0.2, 0.25) is 0 Å². The van der Waals surface area contributed by atoms with E-state index in [1.54, 1.807) is 0 Å². The first-order chi connectivity index (χ1) is 8.00. The zero-order valence-corrected chi connectivity index (χ0v) is 9.18. The number of ether oxygens (including phenoxy) is 1. The highest BCUT2D eigenvalue weighted by Crippen LogP contribution is 2.40. The predicted octanol–water partition coefficient (Wildman–Crippen LogP) is 1.60. The molecule has 0 spiro atoms. The summed E-state index contributed by atoms with van der Waals surface area (Å²) in [6.45, 7) is -1.71. The van der Waals surface area contributed by atoms with Crippen molar-refractivity contribution in [3.05, 3.63) is 0 Å². The molecule has 0 aromatic heterocycles.